The molecule has 1 aromatic carbocycles. The number of nitrogens with zero attached hydrogens (tertiary/aromatic N) is 1. The van der Waals surface area contributed by atoms with Gasteiger partial charge in [0.15, 0.2) is 0 Å². The van der Waals surface area contributed by atoms with Crippen LogP contribution in [0.15, 0.2) is 24.3 Å². The third-order valence-electron chi connectivity index (χ3n) is 3.94. The van der Waals surface area contributed by atoms with E-state index >= 15 is 0 Å². The van der Waals surface area contributed by atoms with Crippen molar-refractivity contribution in [1.29, 1.82) is 0 Å². The summed E-state index contributed by atoms with van der Waals surface area (Å²) in [4.78, 5) is 2.58. The lowest BCUT2D eigenvalue weighted by Gasteiger charge is -2.32. The van der Waals surface area contributed by atoms with Crippen LogP contribution in [-0.2, 0) is 6.54 Å². The second-order valence-electron chi connectivity index (χ2n) is 5.62. The molecule has 19 heavy (non-hydrogen) atoms. The van der Waals surface area contributed by atoms with Crippen molar-refractivity contribution in [1.82, 2.24) is 10.2 Å². The van der Waals surface area contributed by atoms with Crippen LogP contribution in [0.3, 0.4) is 0 Å². The quantitative estimate of drug-likeness (QED) is 0.802. The second kappa shape index (κ2) is 7.88. The highest BCUT2D eigenvalue weighted by molar-refractivity contribution is 6.30. The molecule has 0 bridgehead atoms. The summed E-state index contributed by atoms with van der Waals surface area (Å²) in [5, 5.41) is 4.08. The molecule has 0 aromatic heterocycles. The Bertz CT molecular complexity index is 381. The first-order valence-electron chi connectivity index (χ1n) is 7.39. The van der Waals surface area contributed by atoms with Crippen molar-refractivity contribution in [3.63, 3.8) is 0 Å². The van der Waals surface area contributed by atoms with Crippen LogP contribution in [0.4, 0.5) is 0 Å². The molecule has 0 radical (unpaired) electrons. The summed E-state index contributed by atoms with van der Waals surface area (Å²) in [6, 6.07) is 8.26. The van der Waals surface area contributed by atoms with Crippen molar-refractivity contribution in [2.24, 2.45) is 5.92 Å². The van der Waals surface area contributed by atoms with Crippen molar-refractivity contribution in [3.8, 4) is 0 Å². The maximum atomic E-state index is 6.05. The molecule has 0 saturated carbocycles. The standard InChI is InChI=1S/C16H25ClN2/c1-18-9-3-6-14-7-4-10-19(12-14)13-15-5-2-8-16(17)11-15/h2,5,8,11,14,18H,3-4,6-7,9-10,12-13H2,1H3. The van der Waals surface area contributed by atoms with E-state index in [0.717, 1.165) is 24.0 Å². The molecule has 2 rings (SSSR count). The molecule has 1 heterocycles. The number of benzene rings is 1. The third-order valence-corrected chi connectivity index (χ3v) is 4.17. The minimum Gasteiger partial charge on any atom is -0.320 e. The van der Waals surface area contributed by atoms with Crippen LogP contribution in [0.5, 0.6) is 0 Å². The van der Waals surface area contributed by atoms with Crippen LogP contribution in [0, 0.1) is 5.92 Å². The van der Waals surface area contributed by atoms with Gasteiger partial charge in [-0.15, -0.1) is 0 Å². The highest BCUT2D eigenvalue weighted by Gasteiger charge is 2.19. The van der Waals surface area contributed by atoms with Crippen LogP contribution in [0.1, 0.15) is 31.2 Å². The van der Waals surface area contributed by atoms with Gasteiger partial charge < -0.3 is 5.32 Å². The first-order chi connectivity index (χ1) is 9.28. The number of rotatable bonds is 6. The molecule has 1 unspecified atom stereocenters. The van der Waals surface area contributed by atoms with Gasteiger partial charge in [0.2, 0.25) is 0 Å². The minimum absolute atomic E-state index is 0.847. The highest BCUT2D eigenvalue weighted by atomic mass is 35.5. The van der Waals surface area contributed by atoms with Crippen molar-refractivity contribution < 1.29 is 0 Å². The number of nitrogens with one attached hydrogen (secondary N) is 1. The zero-order chi connectivity index (χ0) is 13.5. The van der Waals surface area contributed by atoms with E-state index in [0.29, 0.717) is 0 Å². The van der Waals surface area contributed by atoms with E-state index in [4.69, 9.17) is 11.6 Å². The Labute approximate surface area is 122 Å². The Morgan fingerprint density at radius 3 is 3.11 bits per heavy atom. The molecule has 0 aliphatic carbocycles. The average Bonchev–Trinajstić information content (AvgIpc) is 2.39. The molecule has 2 nitrogen and oxygen atoms in total. The summed E-state index contributed by atoms with van der Waals surface area (Å²) in [5.74, 6) is 0.876. The van der Waals surface area contributed by atoms with Gasteiger partial charge in [0.05, 0.1) is 0 Å². The molecule has 3 heteroatoms. The van der Waals surface area contributed by atoms with Gasteiger partial charge in [0.25, 0.3) is 0 Å². The van der Waals surface area contributed by atoms with Crippen LogP contribution in [0.2, 0.25) is 5.02 Å². The molecule has 1 fully saturated rings. The Balaban J connectivity index is 1.80. The monoisotopic (exact) mass is 280 g/mol. The number of piperidine rings is 1. The summed E-state index contributed by atoms with van der Waals surface area (Å²) in [5.41, 5.74) is 1.34. The number of likely N-dealkylation sites (tertiary alicyclic amines) is 1. The fourth-order valence-electron chi connectivity index (χ4n) is 2.99. The molecule has 0 amide bonds. The summed E-state index contributed by atoms with van der Waals surface area (Å²) < 4.78 is 0. The maximum Gasteiger partial charge on any atom is 0.0409 e. The van der Waals surface area contributed by atoms with Gasteiger partial charge in [-0.2, -0.15) is 0 Å². The predicted molar refractivity (Wildman–Crippen MR) is 82.6 cm³/mol. The van der Waals surface area contributed by atoms with Gasteiger partial charge in [-0.25, -0.2) is 0 Å². The zero-order valence-electron chi connectivity index (χ0n) is 11.9. The van der Waals surface area contributed by atoms with Crippen LogP contribution < -0.4 is 5.32 Å². The summed E-state index contributed by atoms with van der Waals surface area (Å²) in [6.07, 6.45) is 5.39. The van der Waals surface area contributed by atoms with E-state index in [1.807, 2.05) is 19.2 Å². The number of halogens is 1. The van der Waals surface area contributed by atoms with Crippen LogP contribution in [0.25, 0.3) is 0 Å². The molecular formula is C16H25ClN2. The van der Waals surface area contributed by atoms with Gasteiger partial charge in [-0.3, -0.25) is 4.90 Å². The number of hydrogen-bond donors (Lipinski definition) is 1. The predicted octanol–water partition coefficient (Wildman–Crippen LogP) is 3.55. The molecule has 1 saturated heterocycles. The van der Waals surface area contributed by atoms with E-state index < -0.39 is 0 Å². The van der Waals surface area contributed by atoms with E-state index in [1.165, 1.54) is 44.3 Å². The molecule has 106 valence electrons. The fraction of sp³-hybridized carbons (Fsp3) is 0.625. The van der Waals surface area contributed by atoms with E-state index in [1.54, 1.807) is 0 Å². The van der Waals surface area contributed by atoms with Crippen molar-refractivity contribution in [3.05, 3.63) is 34.9 Å². The first-order valence-corrected chi connectivity index (χ1v) is 7.77. The van der Waals surface area contributed by atoms with Crippen molar-refractivity contribution in [2.75, 3.05) is 26.7 Å². The van der Waals surface area contributed by atoms with Crippen molar-refractivity contribution >= 4 is 11.6 Å². The van der Waals surface area contributed by atoms with Gasteiger partial charge in [0, 0.05) is 18.1 Å². The molecule has 0 spiro atoms. The molecule has 1 N–H and O–H groups in total. The Morgan fingerprint density at radius 2 is 2.32 bits per heavy atom. The Kier molecular flexibility index (Phi) is 6.15. The molecular weight excluding hydrogens is 256 g/mol. The SMILES string of the molecule is CNCCCC1CCCN(Cc2cccc(Cl)c2)C1. The minimum atomic E-state index is 0.847. The smallest absolute Gasteiger partial charge is 0.0409 e. The van der Waals surface area contributed by atoms with Gasteiger partial charge in [0.1, 0.15) is 0 Å². The average molecular weight is 281 g/mol. The van der Waals surface area contributed by atoms with Crippen LogP contribution >= 0.6 is 11.6 Å². The summed E-state index contributed by atoms with van der Waals surface area (Å²) >= 11 is 6.05. The second-order valence-corrected chi connectivity index (χ2v) is 6.06. The Morgan fingerprint density at radius 1 is 1.42 bits per heavy atom. The summed E-state index contributed by atoms with van der Waals surface area (Å²) in [6.45, 7) is 4.67. The lowest BCUT2D eigenvalue weighted by atomic mass is 9.93. The lowest BCUT2D eigenvalue weighted by molar-refractivity contribution is 0.160. The number of hydrogen-bond acceptors (Lipinski definition) is 2. The summed E-state index contributed by atoms with van der Waals surface area (Å²) in [7, 11) is 2.03. The molecule has 1 atom stereocenters. The van der Waals surface area contributed by atoms with Crippen molar-refractivity contribution in [2.45, 2.75) is 32.2 Å². The molecule has 1 aromatic rings. The van der Waals surface area contributed by atoms with E-state index in [-0.39, 0.29) is 0 Å². The highest BCUT2D eigenvalue weighted by Crippen LogP contribution is 2.22. The topological polar surface area (TPSA) is 15.3 Å². The molecule has 1 aliphatic heterocycles. The third kappa shape index (κ3) is 5.13. The maximum absolute atomic E-state index is 6.05. The first kappa shape index (κ1) is 14.8. The van der Waals surface area contributed by atoms with Gasteiger partial charge in [-0.1, -0.05) is 23.7 Å². The zero-order valence-corrected chi connectivity index (χ0v) is 12.6. The van der Waals surface area contributed by atoms with Crippen LogP contribution in [-0.4, -0.2) is 31.6 Å². The van der Waals surface area contributed by atoms with Gasteiger partial charge in [-0.05, 0) is 69.4 Å². The fourth-order valence-corrected chi connectivity index (χ4v) is 3.20. The van der Waals surface area contributed by atoms with E-state index in [9.17, 15) is 0 Å². The lowest BCUT2D eigenvalue weighted by Crippen LogP contribution is -2.35. The normalized spacial score (nSPS) is 20.6. The van der Waals surface area contributed by atoms with E-state index in [2.05, 4.69) is 22.3 Å². The van der Waals surface area contributed by atoms with Gasteiger partial charge >= 0.3 is 0 Å². The Hall–Kier alpha value is -0.570. The molecule has 1 aliphatic rings. The largest absolute Gasteiger partial charge is 0.320 e.